The molecule has 0 aliphatic carbocycles. The summed E-state index contributed by atoms with van der Waals surface area (Å²) >= 11 is 0. The molecule has 0 unspecified atom stereocenters. The first-order valence-electron chi connectivity index (χ1n) is 10.6. The number of hydrogen-bond donors (Lipinski definition) is 1. The molecule has 162 valence electrons. The van der Waals surface area contributed by atoms with Crippen molar-refractivity contribution in [3.8, 4) is 0 Å². The number of hydrogen-bond acceptors (Lipinski definition) is 3. The lowest BCUT2D eigenvalue weighted by atomic mass is 10.1. The van der Waals surface area contributed by atoms with Gasteiger partial charge in [0.05, 0.1) is 5.60 Å². The average Bonchev–Trinajstić information content (AvgIpc) is 3.22. The Hall–Kier alpha value is -2.79. The molecular formula is C25H35N3O2. The Bertz CT molecular complexity index is 947. The molecule has 0 aliphatic rings. The van der Waals surface area contributed by atoms with Crippen molar-refractivity contribution in [1.82, 2.24) is 4.98 Å². The number of para-hydroxylation sites is 1. The van der Waals surface area contributed by atoms with Crippen LogP contribution >= 0.6 is 0 Å². The molecule has 3 rings (SSSR count). The number of ether oxygens (including phenoxy) is 1. The van der Waals surface area contributed by atoms with Gasteiger partial charge in [-0.05, 0) is 57.2 Å². The van der Waals surface area contributed by atoms with Crippen molar-refractivity contribution in [3.05, 3.63) is 60.3 Å². The first kappa shape index (κ1) is 23.5. The number of fused-ring (bicyclic) bond motifs is 1. The highest BCUT2D eigenvalue weighted by atomic mass is 16.5. The van der Waals surface area contributed by atoms with Gasteiger partial charge in [-0.2, -0.15) is 0 Å². The van der Waals surface area contributed by atoms with E-state index in [1.807, 2.05) is 56.3 Å². The van der Waals surface area contributed by atoms with Gasteiger partial charge in [0.15, 0.2) is 0 Å². The maximum absolute atomic E-state index is 12.9. The highest BCUT2D eigenvalue weighted by Gasteiger charge is 2.21. The Labute approximate surface area is 180 Å². The summed E-state index contributed by atoms with van der Waals surface area (Å²) in [5.74, 6) is -0.0585. The number of aromatic nitrogens is 1. The fourth-order valence-electron chi connectivity index (χ4n) is 3.29. The second-order valence-electron chi connectivity index (χ2n) is 7.63. The number of aromatic amines is 1. The van der Waals surface area contributed by atoms with Gasteiger partial charge in [-0.1, -0.05) is 32.0 Å². The lowest BCUT2D eigenvalue weighted by Crippen LogP contribution is -2.40. The third kappa shape index (κ3) is 5.42. The van der Waals surface area contributed by atoms with Gasteiger partial charge in [0.1, 0.15) is 5.69 Å². The third-order valence-corrected chi connectivity index (χ3v) is 5.15. The van der Waals surface area contributed by atoms with Crippen molar-refractivity contribution in [1.29, 1.82) is 0 Å². The SMILES string of the molecule is CC.CCN(CC(C)(C)OC)c1ccc2[nH]c(C(=O)N(C)c3ccccc3)cc2c1. The maximum atomic E-state index is 12.9. The zero-order valence-corrected chi connectivity index (χ0v) is 19.3. The lowest BCUT2D eigenvalue weighted by Gasteiger charge is -2.32. The number of likely N-dealkylation sites (N-methyl/N-ethyl adjacent to an activating group) is 1. The van der Waals surface area contributed by atoms with Crippen molar-refractivity contribution in [2.24, 2.45) is 0 Å². The van der Waals surface area contributed by atoms with E-state index in [9.17, 15) is 4.79 Å². The monoisotopic (exact) mass is 409 g/mol. The normalized spacial score (nSPS) is 11.0. The van der Waals surface area contributed by atoms with Crippen LogP contribution < -0.4 is 9.80 Å². The minimum absolute atomic E-state index is 0.0585. The van der Waals surface area contributed by atoms with Gasteiger partial charge in [0.25, 0.3) is 5.91 Å². The van der Waals surface area contributed by atoms with Gasteiger partial charge in [-0.3, -0.25) is 4.79 Å². The molecule has 3 aromatic rings. The average molecular weight is 410 g/mol. The minimum Gasteiger partial charge on any atom is -0.377 e. The number of nitrogens with one attached hydrogen (secondary N) is 1. The maximum Gasteiger partial charge on any atom is 0.274 e. The molecule has 0 atom stereocenters. The summed E-state index contributed by atoms with van der Waals surface area (Å²) in [7, 11) is 3.53. The molecule has 0 aliphatic heterocycles. The molecule has 0 saturated heterocycles. The van der Waals surface area contributed by atoms with Gasteiger partial charge in [0, 0.05) is 49.5 Å². The Morgan fingerprint density at radius 1 is 1.03 bits per heavy atom. The number of carbonyl (C=O) groups excluding carboxylic acids is 1. The Balaban J connectivity index is 0.00000155. The zero-order chi connectivity index (χ0) is 22.3. The number of methoxy groups -OCH3 is 1. The Morgan fingerprint density at radius 2 is 1.70 bits per heavy atom. The van der Waals surface area contributed by atoms with Gasteiger partial charge in [0.2, 0.25) is 0 Å². The molecule has 0 saturated carbocycles. The van der Waals surface area contributed by atoms with Gasteiger partial charge < -0.3 is 19.5 Å². The molecule has 1 heterocycles. The van der Waals surface area contributed by atoms with Gasteiger partial charge in [-0.15, -0.1) is 0 Å². The Morgan fingerprint density at radius 3 is 2.30 bits per heavy atom. The standard InChI is InChI=1S/C23H29N3O2.C2H6/c1-6-26(16-23(2,3)28-5)19-12-13-20-17(14-19)15-21(24-20)22(27)25(4)18-10-8-7-9-11-18;1-2/h7-15,24H,6,16H2,1-5H3;1-2H3. The topological polar surface area (TPSA) is 48.6 Å². The molecule has 1 amide bonds. The van der Waals surface area contributed by atoms with E-state index in [0.717, 1.165) is 35.4 Å². The van der Waals surface area contributed by atoms with E-state index in [2.05, 4.69) is 42.8 Å². The predicted octanol–water partition coefficient (Wildman–Crippen LogP) is 5.72. The molecule has 0 bridgehead atoms. The summed E-state index contributed by atoms with van der Waals surface area (Å²) < 4.78 is 5.58. The summed E-state index contributed by atoms with van der Waals surface area (Å²) in [5.41, 5.74) is 3.29. The highest BCUT2D eigenvalue weighted by Crippen LogP contribution is 2.26. The first-order valence-corrected chi connectivity index (χ1v) is 10.6. The number of amides is 1. The summed E-state index contributed by atoms with van der Waals surface area (Å²) in [4.78, 5) is 20.1. The summed E-state index contributed by atoms with van der Waals surface area (Å²) in [5, 5.41) is 1.02. The summed E-state index contributed by atoms with van der Waals surface area (Å²) in [6.07, 6.45) is 0. The van der Waals surface area contributed by atoms with Crippen LogP contribution in [0.3, 0.4) is 0 Å². The second kappa shape index (κ2) is 10.3. The van der Waals surface area contributed by atoms with E-state index in [1.165, 1.54) is 0 Å². The minimum atomic E-state index is -0.233. The largest absolute Gasteiger partial charge is 0.377 e. The molecular weight excluding hydrogens is 374 g/mol. The van der Waals surface area contributed by atoms with E-state index in [0.29, 0.717) is 5.69 Å². The third-order valence-electron chi connectivity index (χ3n) is 5.15. The number of H-pyrrole nitrogens is 1. The number of nitrogens with zero attached hydrogens (tertiary/aromatic N) is 2. The molecule has 30 heavy (non-hydrogen) atoms. The molecule has 2 aromatic carbocycles. The molecule has 0 spiro atoms. The number of benzene rings is 2. The number of anilines is 2. The van der Waals surface area contributed by atoms with Crippen molar-refractivity contribution in [2.75, 3.05) is 37.0 Å². The predicted molar refractivity (Wildman–Crippen MR) is 128 cm³/mol. The van der Waals surface area contributed by atoms with Crippen LogP contribution in [0.15, 0.2) is 54.6 Å². The Kier molecular flexibility index (Phi) is 8.07. The van der Waals surface area contributed by atoms with Gasteiger partial charge in [-0.25, -0.2) is 0 Å². The number of rotatable bonds is 7. The number of carbonyl (C=O) groups is 1. The first-order chi connectivity index (χ1) is 14.3. The summed E-state index contributed by atoms with van der Waals surface area (Å²) in [6, 6.07) is 17.8. The van der Waals surface area contributed by atoms with Crippen LogP contribution in [0, 0.1) is 0 Å². The van der Waals surface area contributed by atoms with Crippen molar-refractivity contribution in [2.45, 2.75) is 40.2 Å². The van der Waals surface area contributed by atoms with Crippen LogP contribution in [-0.2, 0) is 4.74 Å². The van der Waals surface area contributed by atoms with Crippen LogP contribution in [0.5, 0.6) is 0 Å². The van der Waals surface area contributed by atoms with Crippen LogP contribution in [0.4, 0.5) is 11.4 Å². The van der Waals surface area contributed by atoms with Gasteiger partial charge >= 0.3 is 0 Å². The second-order valence-corrected chi connectivity index (χ2v) is 7.63. The summed E-state index contributed by atoms with van der Waals surface area (Å²) in [6.45, 7) is 12.0. The van der Waals surface area contributed by atoms with E-state index in [-0.39, 0.29) is 11.5 Å². The molecule has 5 nitrogen and oxygen atoms in total. The van der Waals surface area contributed by atoms with Crippen LogP contribution in [0.25, 0.3) is 10.9 Å². The van der Waals surface area contributed by atoms with Crippen molar-refractivity contribution < 1.29 is 9.53 Å². The highest BCUT2D eigenvalue weighted by molar-refractivity contribution is 6.07. The van der Waals surface area contributed by atoms with E-state index in [4.69, 9.17) is 4.74 Å². The quantitative estimate of drug-likeness (QED) is 0.543. The smallest absolute Gasteiger partial charge is 0.274 e. The fraction of sp³-hybridized carbons (Fsp3) is 0.400. The molecule has 0 fully saturated rings. The zero-order valence-electron chi connectivity index (χ0n) is 19.3. The molecule has 1 aromatic heterocycles. The van der Waals surface area contributed by atoms with E-state index >= 15 is 0 Å². The van der Waals surface area contributed by atoms with Crippen LogP contribution in [-0.4, -0.2) is 43.7 Å². The molecule has 5 heteroatoms. The fourth-order valence-corrected chi connectivity index (χ4v) is 3.29. The molecule has 1 N–H and O–H groups in total. The molecule has 0 radical (unpaired) electrons. The van der Waals surface area contributed by atoms with Crippen molar-refractivity contribution in [3.63, 3.8) is 0 Å². The lowest BCUT2D eigenvalue weighted by molar-refractivity contribution is 0.0292. The van der Waals surface area contributed by atoms with Crippen LogP contribution in [0.2, 0.25) is 0 Å². The van der Waals surface area contributed by atoms with Crippen LogP contribution in [0.1, 0.15) is 45.1 Å². The van der Waals surface area contributed by atoms with Crippen molar-refractivity contribution >= 4 is 28.2 Å². The van der Waals surface area contributed by atoms with E-state index < -0.39 is 0 Å². The van der Waals surface area contributed by atoms with E-state index in [1.54, 1.807) is 19.1 Å².